The zero-order chi connectivity index (χ0) is 20.8. The van der Waals surface area contributed by atoms with E-state index in [0.29, 0.717) is 11.5 Å². The lowest BCUT2D eigenvalue weighted by molar-refractivity contribution is -0.118. The molecule has 3 rings (SSSR count). The number of carbonyl (C=O) groups is 1. The number of benzene rings is 2. The summed E-state index contributed by atoms with van der Waals surface area (Å²) in [5.41, 5.74) is 2.92. The van der Waals surface area contributed by atoms with Gasteiger partial charge >= 0.3 is 0 Å². The van der Waals surface area contributed by atoms with Crippen molar-refractivity contribution in [3.05, 3.63) is 51.1 Å². The number of likely N-dealkylation sites (tertiary alicyclic amines) is 1. The van der Waals surface area contributed by atoms with Gasteiger partial charge in [-0.1, -0.05) is 31.3 Å². The zero-order valence-corrected chi connectivity index (χ0v) is 19.6. The molecule has 1 aliphatic rings. The number of halogens is 1. The number of aryl methyl sites for hydroxylation is 1. The van der Waals surface area contributed by atoms with Crippen molar-refractivity contribution in [1.29, 1.82) is 0 Å². The number of methoxy groups -OCH3 is 1. The summed E-state index contributed by atoms with van der Waals surface area (Å²) in [5.74, 6) is 0.912. The van der Waals surface area contributed by atoms with Crippen molar-refractivity contribution in [2.45, 2.75) is 26.2 Å². The first-order chi connectivity index (χ1) is 14.0. The molecule has 29 heavy (non-hydrogen) atoms. The van der Waals surface area contributed by atoms with E-state index < -0.39 is 0 Å². The molecule has 5 nitrogen and oxygen atoms in total. The average Bonchev–Trinajstić information content (AvgIpc) is 3.27. The summed E-state index contributed by atoms with van der Waals surface area (Å²) >= 11 is 7.84. The summed E-state index contributed by atoms with van der Waals surface area (Å²) in [6.45, 7) is 3.99. The fraction of sp³-hybridized carbons (Fsp3) is 0.364. The fourth-order valence-electron chi connectivity index (χ4n) is 3.24. The summed E-state index contributed by atoms with van der Waals surface area (Å²) in [4.78, 5) is 15.3. The van der Waals surface area contributed by atoms with Crippen LogP contribution >= 0.6 is 34.8 Å². The quantitative estimate of drug-likeness (QED) is 0.422. The smallest absolute Gasteiger partial charge is 0.262 e. The highest BCUT2D eigenvalue weighted by Gasteiger charge is 2.20. The molecule has 0 saturated carbocycles. The van der Waals surface area contributed by atoms with Crippen molar-refractivity contribution in [1.82, 2.24) is 4.90 Å². The minimum Gasteiger partial charge on any atom is -0.493 e. The molecule has 1 amide bonds. The van der Waals surface area contributed by atoms with Crippen LogP contribution in [0.4, 0.5) is 5.69 Å². The summed E-state index contributed by atoms with van der Waals surface area (Å²) in [5, 5.41) is 2.85. The maximum Gasteiger partial charge on any atom is 0.262 e. The first-order valence-corrected chi connectivity index (χ1v) is 11.2. The Morgan fingerprint density at radius 3 is 2.52 bits per heavy atom. The van der Waals surface area contributed by atoms with Crippen molar-refractivity contribution < 1.29 is 14.3 Å². The highest BCUT2D eigenvalue weighted by molar-refractivity contribution is 14.1. The molecule has 1 fully saturated rings. The molecule has 2 aromatic carbocycles. The molecular weight excluding hydrogens is 499 g/mol. The van der Waals surface area contributed by atoms with Crippen LogP contribution in [-0.4, -0.2) is 42.6 Å². The van der Waals surface area contributed by atoms with Gasteiger partial charge in [-0.05, 0) is 71.7 Å². The molecule has 0 aliphatic carbocycles. The van der Waals surface area contributed by atoms with Gasteiger partial charge in [-0.2, -0.15) is 0 Å². The standard InChI is InChI=1S/C22H25IN2O3S/c1-3-15-6-8-17(9-7-15)24-20(26)14-28-21-18(23)12-16(13-19(21)27-2)22(29)25-10-4-5-11-25/h6-9,12-13H,3-5,10-11,14H2,1-2H3,(H,24,26). The van der Waals surface area contributed by atoms with E-state index in [1.165, 1.54) is 18.4 Å². The van der Waals surface area contributed by atoms with Gasteiger partial charge in [-0.3, -0.25) is 4.79 Å². The van der Waals surface area contributed by atoms with Gasteiger partial charge in [0.25, 0.3) is 5.91 Å². The van der Waals surface area contributed by atoms with Crippen molar-refractivity contribution in [3.8, 4) is 11.5 Å². The first-order valence-electron chi connectivity index (χ1n) is 9.70. The van der Waals surface area contributed by atoms with Gasteiger partial charge in [-0.25, -0.2) is 0 Å². The molecule has 1 aliphatic heterocycles. The number of rotatable bonds is 7. The second-order valence-corrected chi connectivity index (χ2v) is 8.42. The number of anilines is 1. The number of ether oxygens (including phenoxy) is 2. The lowest BCUT2D eigenvalue weighted by Crippen LogP contribution is -2.26. The Morgan fingerprint density at radius 1 is 1.21 bits per heavy atom. The number of amides is 1. The third-order valence-electron chi connectivity index (χ3n) is 4.86. The van der Waals surface area contributed by atoms with Crippen LogP contribution in [0.5, 0.6) is 11.5 Å². The van der Waals surface area contributed by atoms with Crippen LogP contribution in [0.1, 0.15) is 30.9 Å². The Hall–Kier alpha value is -1.87. The van der Waals surface area contributed by atoms with Gasteiger partial charge in [0.05, 0.1) is 10.7 Å². The molecule has 2 aromatic rings. The minimum absolute atomic E-state index is 0.0994. The maximum atomic E-state index is 12.3. The van der Waals surface area contributed by atoms with Gasteiger partial charge in [0, 0.05) is 24.3 Å². The molecule has 7 heteroatoms. The van der Waals surface area contributed by atoms with Gasteiger partial charge in [0.15, 0.2) is 18.1 Å². The van der Waals surface area contributed by atoms with Gasteiger partial charge in [0.1, 0.15) is 4.99 Å². The van der Waals surface area contributed by atoms with E-state index in [0.717, 1.165) is 39.3 Å². The van der Waals surface area contributed by atoms with E-state index >= 15 is 0 Å². The number of hydrogen-bond donors (Lipinski definition) is 1. The molecule has 0 spiro atoms. The monoisotopic (exact) mass is 524 g/mol. The van der Waals surface area contributed by atoms with Gasteiger partial charge in [-0.15, -0.1) is 0 Å². The second-order valence-electron chi connectivity index (χ2n) is 6.88. The van der Waals surface area contributed by atoms with Crippen molar-refractivity contribution in [2.24, 2.45) is 0 Å². The average molecular weight is 524 g/mol. The summed E-state index contributed by atoms with van der Waals surface area (Å²) in [6, 6.07) is 11.7. The van der Waals surface area contributed by atoms with Crippen LogP contribution in [-0.2, 0) is 11.2 Å². The molecule has 154 valence electrons. The van der Waals surface area contributed by atoms with Crippen molar-refractivity contribution >= 4 is 51.4 Å². The van der Waals surface area contributed by atoms with Crippen LogP contribution in [0.2, 0.25) is 0 Å². The number of nitrogens with zero attached hydrogens (tertiary/aromatic N) is 1. The molecule has 0 aromatic heterocycles. The predicted molar refractivity (Wildman–Crippen MR) is 128 cm³/mol. The third-order valence-corrected chi connectivity index (χ3v) is 6.16. The molecule has 0 radical (unpaired) electrons. The lowest BCUT2D eigenvalue weighted by atomic mass is 10.1. The Balaban J connectivity index is 1.66. The zero-order valence-electron chi connectivity index (χ0n) is 16.7. The Labute approximate surface area is 190 Å². The lowest BCUT2D eigenvalue weighted by Gasteiger charge is -2.20. The van der Waals surface area contributed by atoms with Gasteiger partial charge < -0.3 is 19.7 Å². The molecule has 0 unspecified atom stereocenters. The van der Waals surface area contributed by atoms with E-state index in [9.17, 15) is 4.79 Å². The second kappa shape index (κ2) is 10.2. The Kier molecular flexibility index (Phi) is 7.71. The van der Waals surface area contributed by atoms with E-state index in [4.69, 9.17) is 21.7 Å². The van der Waals surface area contributed by atoms with Crippen LogP contribution in [0.15, 0.2) is 36.4 Å². The Morgan fingerprint density at radius 2 is 1.90 bits per heavy atom. The SMILES string of the molecule is CCc1ccc(NC(=O)COc2c(I)cc(C(=S)N3CCCC3)cc2OC)cc1. The molecule has 1 saturated heterocycles. The van der Waals surface area contributed by atoms with E-state index in [-0.39, 0.29) is 12.5 Å². The molecule has 1 N–H and O–H groups in total. The van der Waals surface area contributed by atoms with Crippen molar-refractivity contribution in [2.75, 3.05) is 32.1 Å². The fourth-order valence-corrected chi connectivity index (χ4v) is 4.30. The third kappa shape index (κ3) is 5.60. The normalized spacial score (nSPS) is 13.3. The van der Waals surface area contributed by atoms with Crippen LogP contribution in [0.3, 0.4) is 0 Å². The molecule has 0 atom stereocenters. The predicted octanol–water partition coefficient (Wildman–Crippen LogP) is 4.65. The highest BCUT2D eigenvalue weighted by atomic mass is 127. The largest absolute Gasteiger partial charge is 0.493 e. The minimum atomic E-state index is -0.219. The number of hydrogen-bond acceptors (Lipinski definition) is 4. The number of nitrogens with one attached hydrogen (secondary N) is 1. The van der Waals surface area contributed by atoms with E-state index in [1.54, 1.807) is 7.11 Å². The molecule has 1 heterocycles. The summed E-state index contributed by atoms with van der Waals surface area (Å²) in [7, 11) is 1.59. The van der Waals surface area contributed by atoms with Gasteiger partial charge in [0.2, 0.25) is 0 Å². The van der Waals surface area contributed by atoms with Crippen LogP contribution in [0.25, 0.3) is 0 Å². The topological polar surface area (TPSA) is 50.8 Å². The van der Waals surface area contributed by atoms with E-state index in [2.05, 4.69) is 39.7 Å². The van der Waals surface area contributed by atoms with Crippen LogP contribution in [0, 0.1) is 3.57 Å². The molecular formula is C22H25IN2O3S. The van der Waals surface area contributed by atoms with E-state index in [1.807, 2.05) is 36.4 Å². The summed E-state index contributed by atoms with van der Waals surface area (Å²) < 4.78 is 12.2. The van der Waals surface area contributed by atoms with Crippen molar-refractivity contribution in [3.63, 3.8) is 0 Å². The highest BCUT2D eigenvalue weighted by Crippen LogP contribution is 2.34. The summed E-state index contributed by atoms with van der Waals surface area (Å²) in [6.07, 6.45) is 3.31. The number of carbonyl (C=O) groups excluding carboxylic acids is 1. The Bertz CT molecular complexity index is 880. The first kappa shape index (κ1) is 21.8. The maximum absolute atomic E-state index is 12.3. The molecule has 0 bridgehead atoms. The number of thiocarbonyl (C=S) groups is 1. The van der Waals surface area contributed by atoms with Crippen LogP contribution < -0.4 is 14.8 Å².